The van der Waals surface area contributed by atoms with Crippen molar-refractivity contribution >= 4 is 6.47 Å². The molecular formula is C11H18O3. The van der Waals surface area contributed by atoms with Crippen LogP contribution in [0.15, 0.2) is 0 Å². The van der Waals surface area contributed by atoms with Crippen molar-refractivity contribution in [3.63, 3.8) is 0 Å². The quantitative estimate of drug-likeness (QED) is 0.636. The Morgan fingerprint density at radius 2 is 2.14 bits per heavy atom. The van der Waals surface area contributed by atoms with Crippen LogP contribution in [0.1, 0.15) is 39.0 Å². The molecule has 1 aliphatic carbocycles. The van der Waals surface area contributed by atoms with Crippen molar-refractivity contribution in [2.24, 2.45) is 5.92 Å². The van der Waals surface area contributed by atoms with Gasteiger partial charge in [0.25, 0.3) is 6.47 Å². The second-order valence-electron chi connectivity index (χ2n) is 4.43. The van der Waals surface area contributed by atoms with Crippen molar-refractivity contribution in [1.29, 1.82) is 0 Å². The lowest BCUT2D eigenvalue weighted by Crippen LogP contribution is -2.45. The van der Waals surface area contributed by atoms with E-state index in [1.165, 1.54) is 25.7 Å². The molecule has 4 atom stereocenters. The molecule has 4 unspecified atom stereocenters. The predicted molar refractivity (Wildman–Crippen MR) is 51.8 cm³/mol. The minimum Gasteiger partial charge on any atom is -0.462 e. The molecule has 1 saturated carbocycles. The van der Waals surface area contributed by atoms with Crippen LogP contribution < -0.4 is 0 Å². The SMILES string of the molecule is CC1OC2CCCCC2CC1OC=O. The van der Waals surface area contributed by atoms with E-state index in [1.807, 2.05) is 6.92 Å². The number of carbonyl (C=O) groups is 1. The standard InChI is InChI=1S/C11H18O3/c1-8-11(13-7-12)6-9-4-2-3-5-10(9)14-8/h7-11H,2-6H2,1H3. The number of carbonyl (C=O) groups excluding carboxylic acids is 1. The molecule has 1 saturated heterocycles. The summed E-state index contributed by atoms with van der Waals surface area (Å²) < 4.78 is 10.9. The third-order valence-electron chi connectivity index (χ3n) is 3.52. The van der Waals surface area contributed by atoms with E-state index in [2.05, 4.69) is 0 Å². The molecule has 0 spiro atoms. The summed E-state index contributed by atoms with van der Waals surface area (Å²) in [6.07, 6.45) is 6.46. The Bertz CT molecular complexity index is 205. The van der Waals surface area contributed by atoms with Gasteiger partial charge in [-0.25, -0.2) is 0 Å². The summed E-state index contributed by atoms with van der Waals surface area (Å²) in [6, 6.07) is 0. The number of ether oxygens (including phenoxy) is 2. The summed E-state index contributed by atoms with van der Waals surface area (Å²) in [7, 11) is 0. The van der Waals surface area contributed by atoms with Gasteiger partial charge in [0.05, 0.1) is 12.2 Å². The molecule has 0 bridgehead atoms. The maximum atomic E-state index is 10.3. The van der Waals surface area contributed by atoms with Crippen molar-refractivity contribution in [2.75, 3.05) is 0 Å². The zero-order chi connectivity index (χ0) is 9.97. The molecule has 0 amide bonds. The van der Waals surface area contributed by atoms with E-state index < -0.39 is 0 Å². The van der Waals surface area contributed by atoms with Gasteiger partial charge in [0.15, 0.2) is 0 Å². The average molecular weight is 198 g/mol. The minimum absolute atomic E-state index is 0.0214. The van der Waals surface area contributed by atoms with Crippen molar-refractivity contribution in [1.82, 2.24) is 0 Å². The molecule has 2 fully saturated rings. The van der Waals surface area contributed by atoms with Gasteiger partial charge >= 0.3 is 0 Å². The Morgan fingerprint density at radius 1 is 1.36 bits per heavy atom. The zero-order valence-corrected chi connectivity index (χ0v) is 8.65. The first kappa shape index (κ1) is 9.97. The van der Waals surface area contributed by atoms with E-state index in [0.29, 0.717) is 18.5 Å². The molecule has 3 heteroatoms. The molecule has 2 aliphatic rings. The highest BCUT2D eigenvalue weighted by Gasteiger charge is 2.37. The summed E-state index contributed by atoms with van der Waals surface area (Å²) in [5.74, 6) is 0.616. The molecule has 0 aromatic heterocycles. The Kier molecular flexibility index (Phi) is 3.06. The molecule has 0 aromatic rings. The first-order valence-corrected chi connectivity index (χ1v) is 5.56. The van der Waals surface area contributed by atoms with Crippen LogP contribution in [0.4, 0.5) is 0 Å². The van der Waals surface area contributed by atoms with Crippen LogP contribution in [0.25, 0.3) is 0 Å². The summed E-state index contributed by atoms with van der Waals surface area (Å²) in [5, 5.41) is 0. The van der Waals surface area contributed by atoms with Crippen LogP contribution in [0, 0.1) is 5.92 Å². The first-order chi connectivity index (χ1) is 6.81. The van der Waals surface area contributed by atoms with Crippen LogP contribution in [0.3, 0.4) is 0 Å². The van der Waals surface area contributed by atoms with Gasteiger partial charge in [-0.05, 0) is 32.1 Å². The molecule has 1 aliphatic heterocycles. The van der Waals surface area contributed by atoms with E-state index in [-0.39, 0.29) is 12.2 Å². The van der Waals surface area contributed by atoms with E-state index in [4.69, 9.17) is 9.47 Å². The maximum Gasteiger partial charge on any atom is 0.293 e. The Morgan fingerprint density at radius 3 is 2.93 bits per heavy atom. The summed E-state index contributed by atoms with van der Waals surface area (Å²) in [4.78, 5) is 10.3. The van der Waals surface area contributed by atoms with Gasteiger partial charge in [-0.15, -0.1) is 0 Å². The van der Waals surface area contributed by atoms with Crippen molar-refractivity contribution in [3.05, 3.63) is 0 Å². The lowest BCUT2D eigenvalue weighted by Gasteiger charge is -2.41. The molecule has 0 radical (unpaired) electrons. The molecular weight excluding hydrogens is 180 g/mol. The largest absolute Gasteiger partial charge is 0.462 e. The monoisotopic (exact) mass is 198 g/mol. The molecule has 0 N–H and O–H groups in total. The molecule has 2 rings (SSSR count). The van der Waals surface area contributed by atoms with E-state index in [0.717, 1.165) is 6.42 Å². The van der Waals surface area contributed by atoms with Crippen LogP contribution in [0.5, 0.6) is 0 Å². The maximum absolute atomic E-state index is 10.3. The highest BCUT2D eigenvalue weighted by molar-refractivity contribution is 5.37. The van der Waals surface area contributed by atoms with E-state index in [9.17, 15) is 4.79 Å². The van der Waals surface area contributed by atoms with Gasteiger partial charge in [0, 0.05) is 0 Å². The predicted octanol–water partition coefficient (Wildman–Crippen LogP) is 1.90. The van der Waals surface area contributed by atoms with Gasteiger partial charge in [-0.1, -0.05) is 12.8 Å². The van der Waals surface area contributed by atoms with Crippen LogP contribution in [0.2, 0.25) is 0 Å². The zero-order valence-electron chi connectivity index (χ0n) is 8.65. The van der Waals surface area contributed by atoms with Gasteiger partial charge < -0.3 is 9.47 Å². The fraction of sp³-hybridized carbons (Fsp3) is 0.909. The topological polar surface area (TPSA) is 35.5 Å². The van der Waals surface area contributed by atoms with Crippen LogP contribution >= 0.6 is 0 Å². The highest BCUT2D eigenvalue weighted by atomic mass is 16.6. The summed E-state index contributed by atoms with van der Waals surface area (Å²) in [5.41, 5.74) is 0. The third-order valence-corrected chi connectivity index (χ3v) is 3.52. The molecule has 0 aromatic carbocycles. The minimum atomic E-state index is -0.0214. The highest BCUT2D eigenvalue weighted by Crippen LogP contribution is 2.36. The van der Waals surface area contributed by atoms with Crippen molar-refractivity contribution in [2.45, 2.75) is 57.3 Å². The first-order valence-electron chi connectivity index (χ1n) is 5.56. The van der Waals surface area contributed by atoms with Crippen molar-refractivity contribution < 1.29 is 14.3 Å². The normalized spacial score (nSPS) is 42.6. The van der Waals surface area contributed by atoms with E-state index in [1.54, 1.807) is 0 Å². The number of hydrogen-bond acceptors (Lipinski definition) is 3. The second kappa shape index (κ2) is 4.30. The van der Waals surface area contributed by atoms with Gasteiger partial charge in [0.1, 0.15) is 6.10 Å². The lowest BCUT2D eigenvalue weighted by molar-refractivity contribution is -0.172. The summed E-state index contributed by atoms with van der Waals surface area (Å²) in [6.45, 7) is 2.55. The van der Waals surface area contributed by atoms with Crippen LogP contribution in [-0.4, -0.2) is 24.8 Å². The Balaban J connectivity index is 1.95. The molecule has 3 nitrogen and oxygen atoms in total. The van der Waals surface area contributed by atoms with Gasteiger partial charge in [-0.3, -0.25) is 4.79 Å². The Labute approximate surface area is 84.8 Å². The fourth-order valence-electron chi connectivity index (χ4n) is 2.71. The van der Waals surface area contributed by atoms with Crippen molar-refractivity contribution in [3.8, 4) is 0 Å². The fourth-order valence-corrected chi connectivity index (χ4v) is 2.71. The number of hydrogen-bond donors (Lipinski definition) is 0. The number of fused-ring (bicyclic) bond motifs is 1. The molecule has 14 heavy (non-hydrogen) atoms. The van der Waals surface area contributed by atoms with Gasteiger partial charge in [0.2, 0.25) is 0 Å². The third kappa shape index (κ3) is 1.92. The molecule has 80 valence electrons. The molecule has 1 heterocycles. The second-order valence-corrected chi connectivity index (χ2v) is 4.43. The summed E-state index contributed by atoms with van der Waals surface area (Å²) >= 11 is 0. The van der Waals surface area contributed by atoms with Crippen LogP contribution in [-0.2, 0) is 14.3 Å². The number of rotatable bonds is 2. The van der Waals surface area contributed by atoms with E-state index >= 15 is 0 Å². The lowest BCUT2D eigenvalue weighted by atomic mass is 9.80. The average Bonchev–Trinajstić information content (AvgIpc) is 2.19. The smallest absolute Gasteiger partial charge is 0.293 e. The van der Waals surface area contributed by atoms with Gasteiger partial charge in [-0.2, -0.15) is 0 Å². The Hall–Kier alpha value is -0.570.